The average Bonchev–Trinajstić information content (AvgIpc) is 3.09. The topological polar surface area (TPSA) is 108 Å². The van der Waals surface area contributed by atoms with Crippen molar-refractivity contribution in [2.45, 2.75) is 219 Å². The molecule has 0 saturated carbocycles. The first-order valence-corrected chi connectivity index (χ1v) is 23.5. The first-order chi connectivity index (χ1) is 25.0. The second-order valence-electron chi connectivity index (χ2n) is 16.4. The second kappa shape index (κ2) is 35.9. The lowest BCUT2D eigenvalue weighted by atomic mass is 10.0. The molecule has 0 aromatic rings. The highest BCUT2D eigenvalue weighted by Gasteiger charge is 2.24. The average molecular weight is 759 g/mol. The predicted octanol–water partition coefficient (Wildman–Crippen LogP) is 11.3. The molecule has 0 saturated heterocycles. The first-order valence-electron chi connectivity index (χ1n) is 22.0. The summed E-state index contributed by atoms with van der Waals surface area (Å²) in [5.41, 5.74) is 0. The van der Waals surface area contributed by atoms with E-state index in [1.54, 1.807) is 0 Å². The highest BCUT2D eigenvalue weighted by molar-refractivity contribution is 7.45. The Labute approximate surface area is 322 Å². The second-order valence-corrected chi connectivity index (χ2v) is 17.8. The van der Waals surface area contributed by atoms with Gasteiger partial charge >= 0.3 is 0 Å². The zero-order valence-electron chi connectivity index (χ0n) is 35.0. The third-order valence-corrected chi connectivity index (χ3v) is 11.0. The van der Waals surface area contributed by atoms with E-state index in [1.807, 2.05) is 21.1 Å². The molecule has 0 fully saturated rings. The van der Waals surface area contributed by atoms with Crippen molar-refractivity contribution < 1.29 is 32.9 Å². The highest BCUT2D eigenvalue weighted by Crippen LogP contribution is 2.38. The number of nitrogens with one attached hydrogen (secondary N) is 1. The van der Waals surface area contributed by atoms with Crippen LogP contribution in [0.25, 0.3) is 0 Å². The Balaban J connectivity index is 4.21. The number of amides is 1. The minimum atomic E-state index is -4.55. The minimum absolute atomic E-state index is 0.0133. The van der Waals surface area contributed by atoms with Gasteiger partial charge in [-0.3, -0.25) is 9.36 Å². The monoisotopic (exact) mass is 759 g/mol. The molecule has 0 aromatic heterocycles. The molecule has 3 atom stereocenters. The molecule has 0 aliphatic rings. The summed E-state index contributed by atoms with van der Waals surface area (Å²) in [7, 11) is 1.31. The molecule has 0 rings (SSSR count). The molecule has 3 unspecified atom stereocenters. The minimum Gasteiger partial charge on any atom is -0.756 e. The van der Waals surface area contributed by atoms with Gasteiger partial charge in [-0.2, -0.15) is 0 Å². The molecule has 9 heteroatoms. The zero-order valence-corrected chi connectivity index (χ0v) is 35.9. The van der Waals surface area contributed by atoms with Gasteiger partial charge in [0.1, 0.15) is 13.2 Å². The van der Waals surface area contributed by atoms with Crippen molar-refractivity contribution in [3.63, 3.8) is 0 Å². The Morgan fingerprint density at radius 2 is 1.06 bits per heavy atom. The van der Waals surface area contributed by atoms with E-state index in [0.29, 0.717) is 23.9 Å². The van der Waals surface area contributed by atoms with Gasteiger partial charge in [-0.25, -0.2) is 0 Å². The number of hydrogen-bond donors (Lipinski definition) is 2. The van der Waals surface area contributed by atoms with E-state index in [1.165, 1.54) is 141 Å². The summed E-state index contributed by atoms with van der Waals surface area (Å²) in [6.45, 7) is 4.69. The summed E-state index contributed by atoms with van der Waals surface area (Å²) < 4.78 is 23.2. The number of aliphatic hydroxyl groups is 1. The van der Waals surface area contributed by atoms with Gasteiger partial charge in [-0.15, -0.1) is 0 Å². The van der Waals surface area contributed by atoms with E-state index >= 15 is 0 Å². The number of unbranched alkanes of at least 4 members (excludes halogenated alkanes) is 25. The lowest BCUT2D eigenvalue weighted by Crippen LogP contribution is -2.46. The number of carbonyl (C=O) groups excluding carboxylic acids is 1. The molecule has 2 N–H and O–H groups in total. The summed E-state index contributed by atoms with van der Waals surface area (Å²) in [6.07, 6.45) is 39.4. The third-order valence-electron chi connectivity index (χ3n) is 10.0. The van der Waals surface area contributed by atoms with Crippen LogP contribution in [0.4, 0.5) is 0 Å². The van der Waals surface area contributed by atoms with Gasteiger partial charge in [-0.05, 0) is 38.5 Å². The van der Waals surface area contributed by atoms with Crippen LogP contribution in [0.3, 0.4) is 0 Å². The van der Waals surface area contributed by atoms with E-state index in [0.717, 1.165) is 38.5 Å². The molecule has 8 nitrogen and oxygen atoms in total. The number of likely N-dealkylation sites (N-methyl/N-ethyl adjacent to an activating group) is 1. The Morgan fingerprint density at radius 1 is 0.654 bits per heavy atom. The number of quaternary nitrogens is 1. The van der Waals surface area contributed by atoms with Crippen molar-refractivity contribution in [1.82, 2.24) is 5.32 Å². The van der Waals surface area contributed by atoms with Crippen LogP contribution in [0.15, 0.2) is 12.2 Å². The van der Waals surface area contributed by atoms with E-state index in [-0.39, 0.29) is 19.1 Å². The van der Waals surface area contributed by atoms with Crippen LogP contribution in [-0.4, -0.2) is 68.5 Å². The van der Waals surface area contributed by atoms with Crippen LogP contribution in [-0.2, 0) is 18.4 Å². The standard InChI is InChI=1S/C43H87N2O6P/c1-6-8-10-12-14-16-17-18-19-20-21-22-23-24-25-26-27-29-31-33-35-37-43(47)44-41(40-51-52(48,49)50-39-38-45(3,4)5)42(46)36-34-32-30-28-15-13-11-9-7-2/h20-21,41-42,46H,6-19,22-40H2,1-5H3,(H-,44,47,48,49)/b21-20-. The Bertz CT molecular complexity index is 865. The largest absolute Gasteiger partial charge is 0.756 e. The van der Waals surface area contributed by atoms with Crippen molar-refractivity contribution in [3.05, 3.63) is 12.2 Å². The maximum atomic E-state index is 12.8. The number of hydrogen-bond acceptors (Lipinski definition) is 6. The van der Waals surface area contributed by atoms with Crippen LogP contribution in [0.5, 0.6) is 0 Å². The van der Waals surface area contributed by atoms with Crippen LogP contribution in [0.1, 0.15) is 206 Å². The van der Waals surface area contributed by atoms with Crippen LogP contribution < -0.4 is 10.2 Å². The number of allylic oxidation sites excluding steroid dienone is 2. The fourth-order valence-electron chi connectivity index (χ4n) is 6.45. The fraction of sp³-hybridized carbons (Fsp3) is 0.930. The van der Waals surface area contributed by atoms with Gasteiger partial charge in [-0.1, -0.05) is 174 Å². The first kappa shape index (κ1) is 51.2. The van der Waals surface area contributed by atoms with E-state index in [4.69, 9.17) is 9.05 Å². The summed E-state index contributed by atoms with van der Waals surface area (Å²) in [4.78, 5) is 25.2. The normalized spacial score (nSPS) is 14.5. The lowest BCUT2D eigenvalue weighted by Gasteiger charge is -2.30. The third kappa shape index (κ3) is 37.6. The molecule has 0 heterocycles. The number of phosphoric acid groups is 1. The molecule has 0 bridgehead atoms. The molecule has 0 aliphatic carbocycles. The zero-order chi connectivity index (χ0) is 38.6. The van der Waals surface area contributed by atoms with Crippen LogP contribution >= 0.6 is 7.82 Å². The van der Waals surface area contributed by atoms with E-state index in [2.05, 4.69) is 31.3 Å². The Kier molecular flexibility index (Phi) is 35.4. The van der Waals surface area contributed by atoms with Crippen LogP contribution in [0, 0.1) is 0 Å². The van der Waals surface area contributed by atoms with Crippen molar-refractivity contribution in [1.29, 1.82) is 0 Å². The quantitative estimate of drug-likeness (QED) is 0.0279. The summed E-state index contributed by atoms with van der Waals surface area (Å²) in [6, 6.07) is -0.795. The van der Waals surface area contributed by atoms with Crippen molar-refractivity contribution >= 4 is 13.7 Å². The van der Waals surface area contributed by atoms with Gasteiger partial charge in [0, 0.05) is 6.42 Å². The van der Waals surface area contributed by atoms with Gasteiger partial charge < -0.3 is 28.8 Å². The molecule has 1 amide bonds. The summed E-state index contributed by atoms with van der Waals surface area (Å²) in [5.74, 6) is -0.168. The maximum absolute atomic E-state index is 12.8. The van der Waals surface area contributed by atoms with Crippen LogP contribution in [0.2, 0.25) is 0 Å². The Hall–Kier alpha value is -0.760. The summed E-state index contributed by atoms with van der Waals surface area (Å²) in [5, 5.41) is 13.8. The van der Waals surface area contributed by atoms with E-state index < -0.39 is 20.0 Å². The predicted molar refractivity (Wildman–Crippen MR) is 219 cm³/mol. The number of phosphoric ester groups is 1. The van der Waals surface area contributed by atoms with Crippen molar-refractivity contribution in [2.75, 3.05) is 40.9 Å². The number of nitrogens with zero attached hydrogens (tertiary/aromatic N) is 1. The molecule has 52 heavy (non-hydrogen) atoms. The highest BCUT2D eigenvalue weighted by atomic mass is 31.2. The number of aliphatic hydroxyl groups excluding tert-OH is 1. The Morgan fingerprint density at radius 3 is 1.50 bits per heavy atom. The maximum Gasteiger partial charge on any atom is 0.268 e. The molecular weight excluding hydrogens is 671 g/mol. The summed E-state index contributed by atoms with van der Waals surface area (Å²) >= 11 is 0. The van der Waals surface area contributed by atoms with E-state index in [9.17, 15) is 19.4 Å². The molecule has 0 aromatic carbocycles. The lowest BCUT2D eigenvalue weighted by molar-refractivity contribution is -0.870. The SMILES string of the molecule is CCCCCCCCCC/C=C\CCCCCCCCCCCC(=O)NC(COP(=O)([O-])OCC[N+](C)(C)C)C(O)CCCCCCCCCCC. The molecule has 0 radical (unpaired) electrons. The fourth-order valence-corrected chi connectivity index (χ4v) is 7.17. The molecular formula is C43H87N2O6P. The van der Waals surface area contributed by atoms with Gasteiger partial charge in [0.2, 0.25) is 5.91 Å². The van der Waals surface area contributed by atoms with Crippen molar-refractivity contribution in [3.8, 4) is 0 Å². The number of rotatable bonds is 40. The number of carbonyl (C=O) groups is 1. The molecule has 310 valence electrons. The smallest absolute Gasteiger partial charge is 0.268 e. The molecule has 0 spiro atoms. The van der Waals surface area contributed by atoms with Gasteiger partial charge in [0.15, 0.2) is 0 Å². The van der Waals surface area contributed by atoms with Gasteiger partial charge in [0.05, 0.1) is 39.9 Å². The van der Waals surface area contributed by atoms with Crippen molar-refractivity contribution in [2.24, 2.45) is 0 Å². The molecule has 0 aliphatic heterocycles. The van der Waals surface area contributed by atoms with Gasteiger partial charge in [0.25, 0.3) is 7.82 Å².